The molecule has 7 nitrogen and oxygen atoms in total. The van der Waals surface area contributed by atoms with E-state index in [9.17, 15) is 14.4 Å². The van der Waals surface area contributed by atoms with Gasteiger partial charge in [0.25, 0.3) is 0 Å². The summed E-state index contributed by atoms with van der Waals surface area (Å²) in [5.41, 5.74) is 2.82. The third-order valence-corrected chi connectivity index (χ3v) is 4.59. The number of piperidine rings is 1. The van der Waals surface area contributed by atoms with Crippen molar-refractivity contribution < 1.29 is 19.1 Å². The van der Waals surface area contributed by atoms with E-state index in [0.29, 0.717) is 32.5 Å². The summed E-state index contributed by atoms with van der Waals surface area (Å²) in [7, 11) is 0. The Labute approximate surface area is 160 Å². The zero-order chi connectivity index (χ0) is 20.0. The molecule has 0 atom stereocenters. The number of nitrogens with one attached hydrogen (secondary N) is 1. The van der Waals surface area contributed by atoms with Crippen LogP contribution >= 0.6 is 0 Å². The van der Waals surface area contributed by atoms with Gasteiger partial charge in [0, 0.05) is 31.7 Å². The maximum atomic E-state index is 12.5. The molecule has 0 saturated carbocycles. The van der Waals surface area contributed by atoms with Gasteiger partial charge in [-0.25, -0.2) is 4.79 Å². The molecule has 1 aliphatic rings. The zero-order valence-electron chi connectivity index (χ0n) is 16.6. The number of hydrogen-bond acceptors (Lipinski definition) is 4. The topological polar surface area (TPSA) is 79.0 Å². The average Bonchev–Trinajstić information content (AvgIpc) is 2.59. The van der Waals surface area contributed by atoms with Crippen LogP contribution < -0.4 is 10.2 Å². The van der Waals surface area contributed by atoms with Crippen molar-refractivity contribution in [2.45, 2.75) is 46.6 Å². The Kier molecular flexibility index (Phi) is 7.21. The van der Waals surface area contributed by atoms with Crippen molar-refractivity contribution in [2.24, 2.45) is 0 Å². The highest BCUT2D eigenvalue weighted by Gasteiger charge is 2.25. The van der Waals surface area contributed by atoms with Crippen molar-refractivity contribution in [3.8, 4) is 0 Å². The molecular weight excluding hydrogens is 346 g/mol. The van der Waals surface area contributed by atoms with Crippen molar-refractivity contribution >= 4 is 23.6 Å². The van der Waals surface area contributed by atoms with Gasteiger partial charge in [-0.15, -0.1) is 0 Å². The van der Waals surface area contributed by atoms with Crippen LogP contribution in [0.15, 0.2) is 18.2 Å². The fourth-order valence-corrected chi connectivity index (χ4v) is 3.33. The summed E-state index contributed by atoms with van der Waals surface area (Å²) < 4.78 is 5.00. The van der Waals surface area contributed by atoms with Crippen molar-refractivity contribution in [3.05, 3.63) is 29.3 Å². The van der Waals surface area contributed by atoms with E-state index in [2.05, 4.69) is 5.32 Å². The Hall–Kier alpha value is -2.57. The molecule has 27 heavy (non-hydrogen) atoms. The zero-order valence-corrected chi connectivity index (χ0v) is 16.6. The van der Waals surface area contributed by atoms with E-state index < -0.39 is 0 Å². The minimum absolute atomic E-state index is 0.00349. The summed E-state index contributed by atoms with van der Waals surface area (Å²) >= 11 is 0. The second-order valence-electron chi connectivity index (χ2n) is 6.98. The monoisotopic (exact) mass is 375 g/mol. The van der Waals surface area contributed by atoms with Gasteiger partial charge < -0.3 is 19.9 Å². The smallest absolute Gasteiger partial charge is 0.409 e. The van der Waals surface area contributed by atoms with Crippen LogP contribution in [0.5, 0.6) is 0 Å². The third-order valence-electron chi connectivity index (χ3n) is 4.59. The Balaban J connectivity index is 1.92. The Bertz CT molecular complexity index is 676. The number of carbonyl (C=O) groups is 3. The molecule has 1 aromatic carbocycles. The second kappa shape index (κ2) is 9.39. The predicted octanol–water partition coefficient (Wildman–Crippen LogP) is 2.39. The van der Waals surface area contributed by atoms with Gasteiger partial charge in [0.1, 0.15) is 6.54 Å². The number of carbonyl (C=O) groups excluding carboxylic acids is 3. The van der Waals surface area contributed by atoms with Gasteiger partial charge in [0.15, 0.2) is 0 Å². The quantitative estimate of drug-likeness (QED) is 0.857. The van der Waals surface area contributed by atoms with E-state index in [-0.39, 0.29) is 30.5 Å². The molecule has 0 aromatic heterocycles. The second-order valence-corrected chi connectivity index (χ2v) is 6.98. The first kappa shape index (κ1) is 20.7. The first-order valence-electron chi connectivity index (χ1n) is 9.37. The van der Waals surface area contributed by atoms with Crippen molar-refractivity contribution in [3.63, 3.8) is 0 Å². The van der Waals surface area contributed by atoms with E-state index in [4.69, 9.17) is 4.74 Å². The summed E-state index contributed by atoms with van der Waals surface area (Å²) in [6.07, 6.45) is 1.04. The minimum atomic E-state index is -0.306. The maximum Gasteiger partial charge on any atom is 0.409 e. The normalized spacial score (nSPS) is 14.6. The van der Waals surface area contributed by atoms with Gasteiger partial charge in [-0.05, 0) is 56.9 Å². The number of amides is 3. The molecule has 1 aromatic rings. The van der Waals surface area contributed by atoms with Crippen LogP contribution in [-0.4, -0.2) is 55.1 Å². The van der Waals surface area contributed by atoms with E-state index in [1.165, 1.54) is 11.8 Å². The Morgan fingerprint density at radius 3 is 2.26 bits per heavy atom. The molecule has 1 heterocycles. The SMILES string of the molecule is CCOC(=O)N1CCC(NC(=O)CN(C(C)=O)c2cc(C)cc(C)c2)CC1. The molecule has 1 aliphatic heterocycles. The molecule has 7 heteroatoms. The molecule has 1 N–H and O–H groups in total. The highest BCUT2D eigenvalue weighted by Crippen LogP contribution is 2.19. The lowest BCUT2D eigenvalue weighted by Crippen LogP contribution is -2.49. The summed E-state index contributed by atoms with van der Waals surface area (Å²) in [5, 5.41) is 2.98. The number of hydrogen-bond donors (Lipinski definition) is 1. The predicted molar refractivity (Wildman–Crippen MR) is 104 cm³/mol. The molecule has 0 bridgehead atoms. The molecule has 0 aliphatic carbocycles. The molecule has 0 spiro atoms. The number of likely N-dealkylation sites (tertiary alicyclic amines) is 1. The fourth-order valence-electron chi connectivity index (χ4n) is 3.33. The van der Waals surface area contributed by atoms with Crippen LogP contribution in [0.3, 0.4) is 0 Å². The van der Waals surface area contributed by atoms with Crippen molar-refractivity contribution in [1.29, 1.82) is 0 Å². The molecule has 1 fully saturated rings. The largest absolute Gasteiger partial charge is 0.450 e. The van der Waals surface area contributed by atoms with Crippen LogP contribution in [0.4, 0.5) is 10.5 Å². The highest BCUT2D eigenvalue weighted by atomic mass is 16.6. The van der Waals surface area contributed by atoms with E-state index in [0.717, 1.165) is 16.8 Å². The van der Waals surface area contributed by atoms with E-state index in [1.54, 1.807) is 11.8 Å². The van der Waals surface area contributed by atoms with Crippen molar-refractivity contribution in [1.82, 2.24) is 10.2 Å². The number of rotatable bonds is 5. The van der Waals surface area contributed by atoms with E-state index >= 15 is 0 Å². The fraction of sp³-hybridized carbons (Fsp3) is 0.550. The number of anilines is 1. The maximum absolute atomic E-state index is 12.5. The standard InChI is InChI=1S/C20H29N3O4/c1-5-27-20(26)22-8-6-17(7-9-22)21-19(25)13-23(16(4)24)18-11-14(2)10-15(3)12-18/h10-12,17H,5-9,13H2,1-4H3,(H,21,25). The van der Waals surface area contributed by atoms with Crippen LogP contribution in [0.2, 0.25) is 0 Å². The Morgan fingerprint density at radius 1 is 1.15 bits per heavy atom. The van der Waals surface area contributed by atoms with Gasteiger partial charge in [0.2, 0.25) is 11.8 Å². The molecule has 0 radical (unpaired) electrons. The van der Waals surface area contributed by atoms with Gasteiger partial charge in [-0.2, -0.15) is 0 Å². The molecule has 148 valence electrons. The average molecular weight is 375 g/mol. The minimum Gasteiger partial charge on any atom is -0.450 e. The number of nitrogens with zero attached hydrogens (tertiary/aromatic N) is 2. The van der Waals surface area contributed by atoms with Gasteiger partial charge in [-0.1, -0.05) is 6.07 Å². The molecule has 3 amide bonds. The molecular formula is C20H29N3O4. The lowest BCUT2D eigenvalue weighted by atomic mass is 10.1. The first-order chi connectivity index (χ1) is 12.8. The summed E-state index contributed by atoms with van der Waals surface area (Å²) in [6, 6.07) is 5.83. The molecule has 0 unspecified atom stereocenters. The van der Waals surface area contributed by atoms with Crippen LogP contribution in [0.25, 0.3) is 0 Å². The first-order valence-corrected chi connectivity index (χ1v) is 9.37. The van der Waals surface area contributed by atoms with Gasteiger partial charge in [-0.3, -0.25) is 9.59 Å². The lowest BCUT2D eigenvalue weighted by Gasteiger charge is -2.32. The van der Waals surface area contributed by atoms with E-state index in [1.807, 2.05) is 32.0 Å². The third kappa shape index (κ3) is 5.98. The van der Waals surface area contributed by atoms with Crippen LogP contribution in [-0.2, 0) is 14.3 Å². The number of aryl methyl sites for hydroxylation is 2. The number of benzene rings is 1. The van der Waals surface area contributed by atoms with Gasteiger partial charge >= 0.3 is 6.09 Å². The lowest BCUT2D eigenvalue weighted by molar-refractivity contribution is -0.123. The van der Waals surface area contributed by atoms with Crippen molar-refractivity contribution in [2.75, 3.05) is 31.1 Å². The van der Waals surface area contributed by atoms with Gasteiger partial charge in [0.05, 0.1) is 6.61 Å². The van der Waals surface area contributed by atoms with Crippen LogP contribution in [0, 0.1) is 13.8 Å². The molecule has 2 rings (SSSR count). The molecule has 1 saturated heterocycles. The summed E-state index contributed by atoms with van der Waals surface area (Å²) in [5.74, 6) is -0.369. The summed E-state index contributed by atoms with van der Waals surface area (Å²) in [6.45, 7) is 8.61. The van der Waals surface area contributed by atoms with Crippen LogP contribution in [0.1, 0.15) is 37.8 Å². The summed E-state index contributed by atoms with van der Waals surface area (Å²) in [4.78, 5) is 39.4. The Morgan fingerprint density at radius 2 is 1.74 bits per heavy atom. The highest BCUT2D eigenvalue weighted by molar-refractivity contribution is 5.97. The number of ether oxygens (including phenoxy) is 1.